The number of halogens is 1. The molecule has 0 bridgehead atoms. The van der Waals surface area contributed by atoms with Gasteiger partial charge in [-0.25, -0.2) is 0 Å². The first-order valence-electron chi connectivity index (χ1n) is 5.11. The van der Waals surface area contributed by atoms with Crippen molar-refractivity contribution in [2.45, 2.75) is 18.9 Å². The molecule has 1 atom stereocenters. The first-order chi connectivity index (χ1) is 7.79. The van der Waals surface area contributed by atoms with Crippen LogP contribution in [0.4, 0.5) is 0 Å². The molecule has 16 heavy (non-hydrogen) atoms. The number of aromatic nitrogens is 1. The predicted molar refractivity (Wildman–Crippen MR) is 62.5 cm³/mol. The minimum Gasteiger partial charge on any atom is -0.456 e. The quantitative estimate of drug-likeness (QED) is 0.761. The Morgan fingerprint density at radius 2 is 2.12 bits per heavy atom. The van der Waals surface area contributed by atoms with E-state index in [0.717, 1.165) is 12.0 Å². The van der Waals surface area contributed by atoms with Gasteiger partial charge in [-0.15, -0.1) is 0 Å². The van der Waals surface area contributed by atoms with E-state index in [1.807, 2.05) is 37.3 Å². The van der Waals surface area contributed by atoms with Crippen LogP contribution in [0.2, 0.25) is 0 Å². The van der Waals surface area contributed by atoms with Crippen molar-refractivity contribution >= 4 is 11.6 Å². The summed E-state index contributed by atoms with van der Waals surface area (Å²) in [5.74, 6) is 0.955. The average molecular weight is 238 g/mol. The first kappa shape index (κ1) is 11.0. The number of ether oxygens (including phenoxy) is 1. The highest BCUT2D eigenvalue weighted by molar-refractivity contribution is 6.19. The molecule has 0 spiro atoms. The Balaban J connectivity index is 2.14. The summed E-state index contributed by atoms with van der Waals surface area (Å²) in [6.07, 6.45) is 2.18. The van der Waals surface area contributed by atoms with Crippen LogP contribution in [0.25, 0.3) is 11.5 Å². The smallest absolute Gasteiger partial charge is 0.254 e. The maximum atomic E-state index is 5.85. The van der Waals surface area contributed by atoms with Crippen LogP contribution in [0.15, 0.2) is 41.0 Å². The van der Waals surface area contributed by atoms with E-state index in [1.165, 1.54) is 6.26 Å². The van der Waals surface area contributed by atoms with Crippen molar-refractivity contribution in [1.29, 1.82) is 0 Å². The lowest BCUT2D eigenvalue weighted by Gasteiger charge is -2.05. The molecular weight excluding hydrogens is 226 g/mol. The summed E-state index contributed by atoms with van der Waals surface area (Å²) in [5, 5.41) is 0. The summed E-state index contributed by atoms with van der Waals surface area (Å²) < 4.78 is 10.6. The van der Waals surface area contributed by atoms with Crippen LogP contribution in [0, 0.1) is 0 Å². The molecule has 4 heteroatoms. The van der Waals surface area contributed by atoms with Gasteiger partial charge in [0.15, 0.2) is 11.8 Å². The topological polar surface area (TPSA) is 35.3 Å². The summed E-state index contributed by atoms with van der Waals surface area (Å²) in [6, 6.07) is 9.64. The van der Waals surface area contributed by atoms with Crippen LogP contribution in [0.3, 0.4) is 0 Å². The molecule has 0 saturated heterocycles. The molecular formula is C12H12ClNO2. The monoisotopic (exact) mass is 237 g/mol. The standard InChI is InChI=1S/C12H12ClNO2/c1-2-10(13)16-11-8-15-12(14-11)9-6-4-3-5-7-9/h3-8,10H,2H2,1H3. The fraction of sp³-hybridized carbons (Fsp3) is 0.250. The Bertz CT molecular complexity index is 441. The van der Waals surface area contributed by atoms with E-state index in [-0.39, 0.29) is 5.56 Å². The Kier molecular flexibility index (Phi) is 3.47. The van der Waals surface area contributed by atoms with Gasteiger partial charge in [0.1, 0.15) is 0 Å². The number of rotatable bonds is 4. The van der Waals surface area contributed by atoms with Crippen LogP contribution in [0.5, 0.6) is 5.88 Å². The van der Waals surface area contributed by atoms with Gasteiger partial charge in [-0.1, -0.05) is 36.7 Å². The van der Waals surface area contributed by atoms with Crippen molar-refractivity contribution in [3.05, 3.63) is 36.6 Å². The van der Waals surface area contributed by atoms with Gasteiger partial charge in [0.25, 0.3) is 5.88 Å². The zero-order valence-electron chi connectivity index (χ0n) is 8.89. The summed E-state index contributed by atoms with van der Waals surface area (Å²) >= 11 is 5.85. The molecule has 84 valence electrons. The molecule has 2 rings (SSSR count). The molecule has 1 unspecified atom stereocenters. The van der Waals surface area contributed by atoms with E-state index in [0.29, 0.717) is 11.8 Å². The first-order valence-corrected chi connectivity index (χ1v) is 5.55. The minimum atomic E-state index is -0.367. The van der Waals surface area contributed by atoms with Crippen molar-refractivity contribution in [1.82, 2.24) is 4.98 Å². The summed E-state index contributed by atoms with van der Waals surface area (Å²) in [6.45, 7) is 1.94. The molecule has 0 aliphatic carbocycles. The molecule has 0 fully saturated rings. The summed E-state index contributed by atoms with van der Waals surface area (Å²) in [7, 11) is 0. The highest BCUT2D eigenvalue weighted by Crippen LogP contribution is 2.22. The van der Waals surface area contributed by atoms with E-state index in [9.17, 15) is 0 Å². The van der Waals surface area contributed by atoms with E-state index in [1.54, 1.807) is 0 Å². The lowest BCUT2D eigenvalue weighted by molar-refractivity contribution is 0.265. The van der Waals surface area contributed by atoms with Crippen molar-refractivity contribution in [3.8, 4) is 17.3 Å². The van der Waals surface area contributed by atoms with Gasteiger partial charge >= 0.3 is 0 Å². The molecule has 0 saturated carbocycles. The normalized spacial score (nSPS) is 12.4. The maximum absolute atomic E-state index is 5.85. The van der Waals surface area contributed by atoms with Gasteiger partial charge in [-0.3, -0.25) is 0 Å². The number of hydrogen-bond acceptors (Lipinski definition) is 3. The van der Waals surface area contributed by atoms with Gasteiger partial charge in [0.2, 0.25) is 5.89 Å². The lowest BCUT2D eigenvalue weighted by Crippen LogP contribution is -2.06. The van der Waals surface area contributed by atoms with Crippen molar-refractivity contribution in [2.24, 2.45) is 0 Å². The van der Waals surface area contributed by atoms with E-state index < -0.39 is 0 Å². The Labute approximate surface area is 99.0 Å². The Hall–Kier alpha value is -1.48. The molecule has 0 aliphatic rings. The Morgan fingerprint density at radius 1 is 1.38 bits per heavy atom. The SMILES string of the molecule is CCC(Cl)Oc1coc(-c2ccccc2)n1. The highest BCUT2D eigenvalue weighted by Gasteiger charge is 2.09. The number of benzene rings is 1. The maximum Gasteiger partial charge on any atom is 0.254 e. The molecule has 0 aliphatic heterocycles. The van der Waals surface area contributed by atoms with Crippen molar-refractivity contribution in [3.63, 3.8) is 0 Å². The zero-order valence-corrected chi connectivity index (χ0v) is 9.65. The van der Waals surface area contributed by atoms with Crippen molar-refractivity contribution in [2.75, 3.05) is 0 Å². The van der Waals surface area contributed by atoms with E-state index in [4.69, 9.17) is 20.8 Å². The van der Waals surface area contributed by atoms with Crippen LogP contribution >= 0.6 is 11.6 Å². The molecule has 0 N–H and O–H groups in total. The second-order valence-corrected chi connectivity index (χ2v) is 3.78. The largest absolute Gasteiger partial charge is 0.456 e. The van der Waals surface area contributed by atoms with Gasteiger partial charge in [0, 0.05) is 5.56 Å². The zero-order chi connectivity index (χ0) is 11.4. The van der Waals surface area contributed by atoms with E-state index >= 15 is 0 Å². The van der Waals surface area contributed by atoms with Crippen LogP contribution in [0.1, 0.15) is 13.3 Å². The second-order valence-electron chi connectivity index (χ2n) is 3.29. The minimum absolute atomic E-state index is 0.367. The molecule has 1 aromatic heterocycles. The van der Waals surface area contributed by atoms with Crippen LogP contribution < -0.4 is 4.74 Å². The molecule has 2 aromatic rings. The van der Waals surface area contributed by atoms with Crippen LogP contribution in [-0.4, -0.2) is 10.5 Å². The molecule has 0 amide bonds. The number of nitrogens with zero attached hydrogens (tertiary/aromatic N) is 1. The fourth-order valence-electron chi connectivity index (χ4n) is 1.24. The summed E-state index contributed by atoms with van der Waals surface area (Å²) in [5.41, 5.74) is 0.550. The molecule has 1 aromatic carbocycles. The predicted octanol–water partition coefficient (Wildman–Crippen LogP) is 3.70. The van der Waals surface area contributed by atoms with Gasteiger partial charge in [-0.05, 0) is 18.6 Å². The van der Waals surface area contributed by atoms with E-state index in [2.05, 4.69) is 4.98 Å². The van der Waals surface area contributed by atoms with Gasteiger partial charge < -0.3 is 9.15 Å². The third-order valence-corrected chi connectivity index (χ3v) is 2.47. The van der Waals surface area contributed by atoms with Gasteiger partial charge in [-0.2, -0.15) is 4.98 Å². The average Bonchev–Trinajstić information content (AvgIpc) is 2.78. The number of alkyl halides is 1. The molecule has 3 nitrogen and oxygen atoms in total. The third kappa shape index (κ3) is 2.55. The summed E-state index contributed by atoms with van der Waals surface area (Å²) in [4.78, 5) is 4.20. The molecule has 0 radical (unpaired) electrons. The van der Waals surface area contributed by atoms with Crippen molar-refractivity contribution < 1.29 is 9.15 Å². The van der Waals surface area contributed by atoms with Gasteiger partial charge in [0.05, 0.1) is 0 Å². The highest BCUT2D eigenvalue weighted by atomic mass is 35.5. The lowest BCUT2D eigenvalue weighted by atomic mass is 10.2. The number of hydrogen-bond donors (Lipinski definition) is 0. The third-order valence-electron chi connectivity index (χ3n) is 2.07. The second kappa shape index (κ2) is 5.03. The van der Waals surface area contributed by atoms with Crippen LogP contribution in [-0.2, 0) is 0 Å². The number of oxazole rings is 1. The Morgan fingerprint density at radius 3 is 2.81 bits per heavy atom. The molecule has 1 heterocycles. The fourth-order valence-corrected chi connectivity index (χ4v) is 1.33.